The molecule has 0 bridgehead atoms. The zero-order chi connectivity index (χ0) is 14.2. The molecule has 0 saturated heterocycles. The number of fused-ring (bicyclic) bond motifs is 1. The minimum absolute atomic E-state index is 0.153. The van der Waals surface area contributed by atoms with Crippen LogP contribution in [0.15, 0.2) is 18.2 Å². The number of carbonyl (C=O) groups is 1. The lowest BCUT2D eigenvalue weighted by atomic mass is 9.67. The van der Waals surface area contributed by atoms with E-state index in [2.05, 4.69) is 0 Å². The van der Waals surface area contributed by atoms with Crippen molar-refractivity contribution >= 4 is 29.3 Å². The monoisotopic (exact) mass is 251 g/mol. The molecule has 0 amide bonds. The molecule has 4 nitrogen and oxygen atoms in total. The lowest BCUT2D eigenvalue weighted by Gasteiger charge is -2.38. The van der Waals surface area contributed by atoms with E-state index in [1.165, 1.54) is 4.90 Å². The summed E-state index contributed by atoms with van der Waals surface area (Å²) in [4.78, 5) is 13.8. The summed E-state index contributed by atoms with van der Waals surface area (Å²) < 4.78 is 10.4. The van der Waals surface area contributed by atoms with E-state index in [1.807, 2.05) is 0 Å². The summed E-state index contributed by atoms with van der Waals surface area (Å²) in [5, 5.41) is 0. The Kier molecular flexibility index (Phi) is 3.67. The van der Waals surface area contributed by atoms with Gasteiger partial charge in [-0.2, -0.15) is 0 Å². The molecule has 6 radical (unpaired) electrons. The van der Waals surface area contributed by atoms with Gasteiger partial charge in [0.15, 0.2) is 17.3 Å². The average molecular weight is 251 g/mol. The summed E-state index contributed by atoms with van der Waals surface area (Å²) in [5.41, 5.74) is -0.885. The van der Waals surface area contributed by atoms with Crippen molar-refractivity contribution in [3.8, 4) is 11.5 Å². The highest BCUT2D eigenvalue weighted by atomic mass is 16.7. The summed E-state index contributed by atoms with van der Waals surface area (Å²) in [6.45, 7) is 1.72. The molecule has 0 fully saturated rings. The Bertz CT molecular complexity index is 505. The minimum atomic E-state index is -1.30. The Morgan fingerprint density at radius 3 is 2.63 bits per heavy atom. The molecule has 1 aromatic carbocycles. The van der Waals surface area contributed by atoms with Crippen molar-refractivity contribution in [3.63, 3.8) is 0 Å². The van der Waals surface area contributed by atoms with Gasteiger partial charge in [0.05, 0.1) is 15.7 Å². The van der Waals surface area contributed by atoms with Crippen LogP contribution in [-0.4, -0.2) is 59.3 Å². The average Bonchev–Trinajstić information content (AvgIpc) is 2.83. The van der Waals surface area contributed by atoms with Gasteiger partial charge in [0.2, 0.25) is 6.79 Å². The highest BCUT2D eigenvalue weighted by Crippen LogP contribution is 2.33. The first kappa shape index (κ1) is 14.1. The van der Waals surface area contributed by atoms with Gasteiger partial charge in [-0.25, -0.2) is 0 Å². The van der Waals surface area contributed by atoms with Crippen LogP contribution in [0.25, 0.3) is 0 Å². The fourth-order valence-corrected chi connectivity index (χ4v) is 1.80. The molecule has 1 unspecified atom stereocenters. The number of benzene rings is 1. The van der Waals surface area contributed by atoms with E-state index in [1.54, 1.807) is 32.2 Å². The van der Waals surface area contributed by atoms with E-state index in [4.69, 9.17) is 33.0 Å². The van der Waals surface area contributed by atoms with Gasteiger partial charge in [-0.3, -0.25) is 4.79 Å². The third-order valence-corrected chi connectivity index (χ3v) is 3.27. The second-order valence-corrected chi connectivity index (χ2v) is 4.65. The summed E-state index contributed by atoms with van der Waals surface area (Å²) in [6.07, 6.45) is 0. The van der Waals surface area contributed by atoms with Crippen molar-refractivity contribution in [2.24, 2.45) is 0 Å². The zero-order valence-electron chi connectivity index (χ0n) is 10.9. The van der Waals surface area contributed by atoms with Gasteiger partial charge in [0.1, 0.15) is 7.85 Å². The van der Waals surface area contributed by atoms with E-state index >= 15 is 0 Å². The zero-order valence-corrected chi connectivity index (χ0v) is 10.9. The first-order valence-electron chi connectivity index (χ1n) is 5.81. The summed E-state index contributed by atoms with van der Waals surface area (Å²) >= 11 is 0. The van der Waals surface area contributed by atoms with Crippen molar-refractivity contribution in [2.45, 2.75) is 18.2 Å². The minimum Gasteiger partial charge on any atom is -0.454 e. The molecule has 0 saturated carbocycles. The van der Waals surface area contributed by atoms with E-state index in [-0.39, 0.29) is 12.6 Å². The standard InChI is InChI=1S/C12H12B3NO3/c1-12(15,16(2)11(13)14)10(17)7-3-4-8-9(5-7)19-6-18-8/h3-5,11H,6H2,1-2H3. The highest BCUT2D eigenvalue weighted by Gasteiger charge is 2.33. The molecule has 1 aliphatic heterocycles. The predicted octanol–water partition coefficient (Wildman–Crippen LogP) is 0.0351. The predicted molar refractivity (Wildman–Crippen MR) is 74.1 cm³/mol. The number of carbonyl (C=O) groups excluding carboxylic acids is 1. The Balaban J connectivity index is 2.29. The van der Waals surface area contributed by atoms with Crippen LogP contribution < -0.4 is 9.47 Å². The van der Waals surface area contributed by atoms with Crippen LogP contribution in [0.4, 0.5) is 0 Å². The molecule has 0 aliphatic carbocycles. The SMILES string of the molecule is [B]C([B])N(C)C([B])(C)C(=O)c1ccc2c(c1)OCO2. The highest BCUT2D eigenvalue weighted by molar-refractivity contribution is 6.38. The molecule has 1 atom stereocenters. The summed E-state index contributed by atoms with van der Waals surface area (Å²) in [5.74, 6) is 0.0164. The molecule has 0 spiro atoms. The molecule has 7 heteroatoms. The Hall–Kier alpha value is -1.36. The van der Waals surface area contributed by atoms with Crippen molar-refractivity contribution in [1.29, 1.82) is 0 Å². The maximum atomic E-state index is 12.4. The molecular formula is C12H12B3NO3. The molecule has 1 aliphatic rings. The van der Waals surface area contributed by atoms with E-state index in [0.29, 0.717) is 17.1 Å². The molecule has 1 aromatic rings. The van der Waals surface area contributed by atoms with Crippen LogP contribution in [0.3, 0.4) is 0 Å². The fraction of sp³-hybridized carbons (Fsp3) is 0.417. The second-order valence-electron chi connectivity index (χ2n) is 4.65. The number of likely N-dealkylation sites (N-methyl/N-ethyl adjacent to an activating group) is 1. The topological polar surface area (TPSA) is 38.8 Å². The first-order valence-corrected chi connectivity index (χ1v) is 5.81. The van der Waals surface area contributed by atoms with Gasteiger partial charge in [0, 0.05) is 11.0 Å². The van der Waals surface area contributed by atoms with Crippen molar-refractivity contribution in [3.05, 3.63) is 23.8 Å². The molecule has 0 N–H and O–H groups in total. The third kappa shape index (κ3) is 2.52. The number of hydrogen-bond acceptors (Lipinski definition) is 4. The first-order chi connectivity index (χ1) is 8.84. The number of ether oxygens (including phenoxy) is 2. The fourth-order valence-electron chi connectivity index (χ4n) is 1.80. The summed E-state index contributed by atoms with van der Waals surface area (Å²) in [6, 6.07) is 4.91. The van der Waals surface area contributed by atoms with Crippen LogP contribution in [0.2, 0.25) is 0 Å². The molecular weight excluding hydrogens is 239 g/mol. The van der Waals surface area contributed by atoms with Crippen molar-refractivity contribution in [2.75, 3.05) is 13.8 Å². The Morgan fingerprint density at radius 2 is 2.00 bits per heavy atom. The maximum absolute atomic E-state index is 12.4. The van der Waals surface area contributed by atoms with Crippen LogP contribution in [0, 0.1) is 0 Å². The van der Waals surface area contributed by atoms with Crippen LogP contribution in [0.1, 0.15) is 17.3 Å². The largest absolute Gasteiger partial charge is 0.454 e. The number of nitrogens with zero attached hydrogens (tertiary/aromatic N) is 1. The lowest BCUT2D eigenvalue weighted by molar-refractivity contribution is 0.0825. The van der Waals surface area contributed by atoms with Gasteiger partial charge in [-0.1, -0.05) is 5.84 Å². The van der Waals surface area contributed by atoms with Crippen LogP contribution >= 0.6 is 0 Å². The maximum Gasteiger partial charge on any atom is 0.231 e. The quantitative estimate of drug-likeness (QED) is 0.559. The molecule has 2 rings (SSSR count). The van der Waals surface area contributed by atoms with Crippen molar-refractivity contribution in [1.82, 2.24) is 4.90 Å². The normalized spacial score (nSPS) is 16.6. The number of rotatable bonds is 4. The van der Waals surface area contributed by atoms with E-state index < -0.39 is 11.3 Å². The van der Waals surface area contributed by atoms with Gasteiger partial charge in [-0.15, -0.1) is 0 Å². The van der Waals surface area contributed by atoms with Gasteiger partial charge in [-0.05, 0) is 32.2 Å². The van der Waals surface area contributed by atoms with Crippen molar-refractivity contribution < 1.29 is 14.3 Å². The van der Waals surface area contributed by atoms with E-state index in [9.17, 15) is 4.79 Å². The lowest BCUT2D eigenvalue weighted by Crippen LogP contribution is -2.55. The molecule has 92 valence electrons. The molecule has 0 aromatic heterocycles. The molecule has 1 heterocycles. The van der Waals surface area contributed by atoms with Crippen LogP contribution in [0.5, 0.6) is 11.5 Å². The van der Waals surface area contributed by atoms with Gasteiger partial charge >= 0.3 is 0 Å². The van der Waals surface area contributed by atoms with Gasteiger partial charge in [0.25, 0.3) is 0 Å². The summed E-state index contributed by atoms with van der Waals surface area (Å²) in [7, 11) is 18.7. The number of hydrogen-bond donors (Lipinski definition) is 0. The Labute approximate surface area is 116 Å². The van der Waals surface area contributed by atoms with E-state index in [0.717, 1.165) is 0 Å². The smallest absolute Gasteiger partial charge is 0.231 e. The second kappa shape index (κ2) is 4.97. The van der Waals surface area contributed by atoms with Crippen LogP contribution in [-0.2, 0) is 0 Å². The van der Waals surface area contributed by atoms with Gasteiger partial charge < -0.3 is 14.4 Å². The number of Topliss-reactive ketones (excluding diaryl/α,β-unsaturated/α-hetero) is 1. The number of ketones is 1. The molecule has 19 heavy (non-hydrogen) atoms. The third-order valence-electron chi connectivity index (χ3n) is 3.27. The Morgan fingerprint density at radius 1 is 1.37 bits per heavy atom.